The maximum atomic E-state index is 6.27. The maximum absolute atomic E-state index is 6.27. The Balaban J connectivity index is 2.48. The summed E-state index contributed by atoms with van der Waals surface area (Å²) in [6.07, 6.45) is 1.03. The van der Waals surface area contributed by atoms with Gasteiger partial charge in [0.15, 0.2) is 0 Å². The molecule has 0 unspecified atom stereocenters. The molecule has 0 saturated carbocycles. The summed E-state index contributed by atoms with van der Waals surface area (Å²) in [5.41, 5.74) is 3.68. The van der Waals surface area contributed by atoms with E-state index in [9.17, 15) is 0 Å². The van der Waals surface area contributed by atoms with Crippen LogP contribution in [0.25, 0.3) is 10.9 Å². The molecule has 3 rings (SSSR count). The van der Waals surface area contributed by atoms with E-state index in [0.717, 1.165) is 40.6 Å². The molecule has 2 aromatic rings. The number of aromatic nitrogens is 1. The first kappa shape index (κ1) is 10.5. The number of benzene rings is 1. The third kappa shape index (κ3) is 1.30. The molecule has 1 aromatic carbocycles. The van der Waals surface area contributed by atoms with Crippen molar-refractivity contribution in [1.29, 1.82) is 0 Å². The molecule has 84 valence electrons. The number of nitrogens with zero attached hydrogens (tertiary/aromatic N) is 1. The Morgan fingerprint density at radius 2 is 2.00 bits per heavy atom. The minimum atomic E-state index is 0.775. The number of halogens is 2. The molecule has 0 spiro atoms. The van der Waals surface area contributed by atoms with Gasteiger partial charge in [0.2, 0.25) is 0 Å². The summed E-state index contributed by atoms with van der Waals surface area (Å²) in [5, 5.41) is 6.02. The smallest absolute Gasteiger partial charge is 0.0729 e. The van der Waals surface area contributed by atoms with Crippen LogP contribution in [0.15, 0.2) is 12.1 Å². The second kappa shape index (κ2) is 3.66. The van der Waals surface area contributed by atoms with Crippen molar-refractivity contribution in [2.45, 2.75) is 20.0 Å². The molecule has 0 amide bonds. The number of rotatable bonds is 0. The van der Waals surface area contributed by atoms with E-state index < -0.39 is 0 Å². The Hall–Kier alpha value is -0.700. The highest BCUT2D eigenvalue weighted by Crippen LogP contribution is 2.36. The van der Waals surface area contributed by atoms with Crippen LogP contribution < -0.4 is 5.32 Å². The van der Waals surface area contributed by atoms with Crippen molar-refractivity contribution in [3.63, 3.8) is 0 Å². The highest BCUT2D eigenvalue weighted by atomic mass is 35.5. The van der Waals surface area contributed by atoms with E-state index in [2.05, 4.69) is 16.8 Å². The van der Waals surface area contributed by atoms with Gasteiger partial charge in [0.1, 0.15) is 0 Å². The SMILES string of the molecule is Cc1c2n(c3c(Cl)ccc(Cl)c13)CNCC2. The molecule has 2 nitrogen and oxygen atoms in total. The summed E-state index contributed by atoms with van der Waals surface area (Å²) in [5.74, 6) is 0. The fourth-order valence-corrected chi connectivity index (χ4v) is 3.09. The largest absolute Gasteiger partial charge is 0.330 e. The number of aryl methyl sites for hydroxylation is 1. The average Bonchev–Trinajstić information content (AvgIpc) is 2.60. The van der Waals surface area contributed by atoms with Crippen molar-refractivity contribution >= 4 is 34.1 Å². The molecule has 0 aliphatic carbocycles. The molecule has 1 N–H and O–H groups in total. The monoisotopic (exact) mass is 254 g/mol. The Labute approximate surface area is 104 Å². The molecule has 16 heavy (non-hydrogen) atoms. The number of fused-ring (bicyclic) bond motifs is 3. The van der Waals surface area contributed by atoms with E-state index in [0.29, 0.717) is 0 Å². The van der Waals surface area contributed by atoms with Gasteiger partial charge in [0, 0.05) is 24.0 Å². The van der Waals surface area contributed by atoms with E-state index in [4.69, 9.17) is 23.2 Å². The molecule has 2 heterocycles. The van der Waals surface area contributed by atoms with Crippen LogP contribution in [-0.2, 0) is 13.1 Å². The zero-order chi connectivity index (χ0) is 11.3. The molecule has 0 bridgehead atoms. The first-order chi connectivity index (χ1) is 7.70. The molecular formula is C12H12Cl2N2. The standard InChI is InChI=1S/C12H12Cl2N2/c1-7-10-4-5-15-6-16(10)12-9(14)3-2-8(13)11(7)12/h2-3,15H,4-6H2,1H3. The molecule has 1 aliphatic heterocycles. The summed E-state index contributed by atoms with van der Waals surface area (Å²) < 4.78 is 2.24. The second-order valence-corrected chi connectivity index (χ2v) is 4.98. The van der Waals surface area contributed by atoms with E-state index >= 15 is 0 Å². The highest BCUT2D eigenvalue weighted by molar-refractivity contribution is 6.40. The summed E-state index contributed by atoms with van der Waals surface area (Å²) in [6.45, 7) is 3.97. The van der Waals surface area contributed by atoms with Crippen LogP contribution in [0.3, 0.4) is 0 Å². The average molecular weight is 255 g/mol. The lowest BCUT2D eigenvalue weighted by Crippen LogP contribution is -2.28. The number of hydrogen-bond acceptors (Lipinski definition) is 1. The minimum absolute atomic E-state index is 0.775. The molecule has 0 atom stereocenters. The van der Waals surface area contributed by atoms with Gasteiger partial charge in [-0.1, -0.05) is 23.2 Å². The minimum Gasteiger partial charge on any atom is -0.330 e. The number of nitrogens with one attached hydrogen (secondary N) is 1. The molecule has 0 radical (unpaired) electrons. The molecule has 1 aliphatic rings. The Morgan fingerprint density at radius 3 is 2.81 bits per heavy atom. The van der Waals surface area contributed by atoms with Gasteiger partial charge < -0.3 is 4.57 Å². The van der Waals surface area contributed by atoms with Crippen molar-refractivity contribution in [2.24, 2.45) is 0 Å². The van der Waals surface area contributed by atoms with Gasteiger partial charge in [0.25, 0.3) is 0 Å². The zero-order valence-electron chi connectivity index (χ0n) is 8.98. The van der Waals surface area contributed by atoms with E-state index in [1.54, 1.807) is 0 Å². The van der Waals surface area contributed by atoms with Gasteiger partial charge in [-0.05, 0) is 24.6 Å². The van der Waals surface area contributed by atoms with Gasteiger partial charge in [0.05, 0.1) is 22.2 Å². The fraction of sp³-hybridized carbons (Fsp3) is 0.333. The van der Waals surface area contributed by atoms with Crippen molar-refractivity contribution in [1.82, 2.24) is 9.88 Å². The summed E-state index contributed by atoms with van der Waals surface area (Å²) >= 11 is 12.5. The normalized spacial score (nSPS) is 15.4. The predicted molar refractivity (Wildman–Crippen MR) is 68.4 cm³/mol. The van der Waals surface area contributed by atoms with Crippen molar-refractivity contribution in [2.75, 3.05) is 6.54 Å². The van der Waals surface area contributed by atoms with Crippen molar-refractivity contribution in [3.05, 3.63) is 33.4 Å². The quantitative estimate of drug-likeness (QED) is 0.763. The Kier molecular flexibility index (Phi) is 2.39. The summed E-state index contributed by atoms with van der Waals surface area (Å²) in [4.78, 5) is 0. The molecule has 0 saturated heterocycles. The van der Waals surface area contributed by atoms with Crippen LogP contribution in [-0.4, -0.2) is 11.1 Å². The third-order valence-electron chi connectivity index (χ3n) is 3.29. The first-order valence-corrected chi connectivity index (χ1v) is 6.12. The van der Waals surface area contributed by atoms with Gasteiger partial charge in [-0.15, -0.1) is 0 Å². The highest BCUT2D eigenvalue weighted by Gasteiger charge is 2.20. The Morgan fingerprint density at radius 1 is 1.25 bits per heavy atom. The van der Waals surface area contributed by atoms with Gasteiger partial charge in [-0.3, -0.25) is 5.32 Å². The zero-order valence-corrected chi connectivity index (χ0v) is 10.5. The number of hydrogen-bond donors (Lipinski definition) is 1. The van der Waals surface area contributed by atoms with Crippen molar-refractivity contribution < 1.29 is 0 Å². The van der Waals surface area contributed by atoms with Crippen LogP contribution in [0.2, 0.25) is 10.0 Å². The molecule has 4 heteroatoms. The lowest BCUT2D eigenvalue weighted by atomic mass is 10.1. The lowest BCUT2D eigenvalue weighted by Gasteiger charge is -2.18. The summed E-state index contributed by atoms with van der Waals surface area (Å²) in [7, 11) is 0. The van der Waals surface area contributed by atoms with Crippen molar-refractivity contribution in [3.8, 4) is 0 Å². The first-order valence-electron chi connectivity index (χ1n) is 5.36. The van der Waals surface area contributed by atoms with Crippen LogP contribution in [0.5, 0.6) is 0 Å². The van der Waals surface area contributed by atoms with Crippen LogP contribution in [0.4, 0.5) is 0 Å². The van der Waals surface area contributed by atoms with Crippen LogP contribution in [0.1, 0.15) is 11.3 Å². The van der Waals surface area contributed by atoms with E-state index in [1.165, 1.54) is 11.3 Å². The fourth-order valence-electron chi connectivity index (χ4n) is 2.54. The van der Waals surface area contributed by atoms with Crippen LogP contribution in [0, 0.1) is 6.92 Å². The second-order valence-electron chi connectivity index (χ2n) is 4.16. The Bertz CT molecular complexity index is 572. The summed E-state index contributed by atoms with van der Waals surface area (Å²) in [6, 6.07) is 3.74. The predicted octanol–water partition coefficient (Wildman–Crippen LogP) is 3.36. The molecule has 1 aromatic heterocycles. The maximum Gasteiger partial charge on any atom is 0.0729 e. The lowest BCUT2D eigenvalue weighted by molar-refractivity contribution is 0.505. The van der Waals surface area contributed by atoms with E-state index in [-0.39, 0.29) is 0 Å². The van der Waals surface area contributed by atoms with E-state index in [1.807, 2.05) is 12.1 Å². The van der Waals surface area contributed by atoms with Gasteiger partial charge in [-0.2, -0.15) is 0 Å². The topological polar surface area (TPSA) is 17.0 Å². The van der Waals surface area contributed by atoms with Gasteiger partial charge in [-0.25, -0.2) is 0 Å². The molecule has 0 fully saturated rings. The third-order valence-corrected chi connectivity index (χ3v) is 3.91. The van der Waals surface area contributed by atoms with Crippen LogP contribution >= 0.6 is 23.2 Å². The molecular weight excluding hydrogens is 243 g/mol. The van der Waals surface area contributed by atoms with Gasteiger partial charge >= 0.3 is 0 Å².